The highest BCUT2D eigenvalue weighted by Gasteiger charge is 2.25. The average Bonchev–Trinajstić information content (AvgIpc) is 2.79. The zero-order valence-electron chi connectivity index (χ0n) is 17.1. The second-order valence-electron chi connectivity index (χ2n) is 7.73. The van der Waals surface area contributed by atoms with E-state index in [1.54, 1.807) is 0 Å². The van der Waals surface area contributed by atoms with Crippen LogP contribution >= 0.6 is 23.2 Å². The largest absolute Gasteiger partial charge is 0.457 e. The number of halogens is 2. The van der Waals surface area contributed by atoms with E-state index < -0.39 is 0 Å². The van der Waals surface area contributed by atoms with E-state index in [1.165, 1.54) is 0 Å². The molecule has 0 bridgehead atoms. The zero-order valence-corrected chi connectivity index (χ0v) is 18.6. The Morgan fingerprint density at radius 1 is 0.903 bits per heavy atom. The molecule has 1 fully saturated rings. The molecule has 31 heavy (non-hydrogen) atoms. The lowest BCUT2D eigenvalue weighted by molar-refractivity contribution is -0.121. The summed E-state index contributed by atoms with van der Waals surface area (Å²) in [6, 6.07) is 22.8. The maximum absolute atomic E-state index is 12.7. The Morgan fingerprint density at radius 2 is 1.58 bits per heavy atom. The number of amides is 1. The molecule has 3 aromatic carbocycles. The molecule has 4 nitrogen and oxygen atoms in total. The van der Waals surface area contributed by atoms with Gasteiger partial charge in [0.25, 0.3) is 0 Å². The van der Waals surface area contributed by atoms with Gasteiger partial charge in [-0.25, -0.2) is 0 Å². The van der Waals surface area contributed by atoms with Crippen LogP contribution in [0.25, 0.3) is 0 Å². The first-order chi connectivity index (χ1) is 15.1. The SMILES string of the molecule is O=C(Nc1ccc(Oc2ccccc2)cc1)C1CCN(Cc2ccc(Cl)c(Cl)c2)CC1. The van der Waals surface area contributed by atoms with Gasteiger partial charge in [0.15, 0.2) is 0 Å². The third-order valence-electron chi connectivity index (χ3n) is 5.45. The van der Waals surface area contributed by atoms with Crippen molar-refractivity contribution in [3.05, 3.63) is 88.4 Å². The van der Waals surface area contributed by atoms with E-state index in [4.69, 9.17) is 27.9 Å². The normalized spacial score (nSPS) is 14.9. The van der Waals surface area contributed by atoms with E-state index in [0.29, 0.717) is 10.0 Å². The van der Waals surface area contributed by atoms with Crippen LogP contribution in [-0.2, 0) is 11.3 Å². The Balaban J connectivity index is 1.25. The summed E-state index contributed by atoms with van der Waals surface area (Å²) in [6.45, 7) is 2.57. The summed E-state index contributed by atoms with van der Waals surface area (Å²) in [5.74, 6) is 1.61. The Labute approximate surface area is 192 Å². The Bertz CT molecular complexity index is 1020. The van der Waals surface area contributed by atoms with Crippen LogP contribution in [0.4, 0.5) is 5.69 Å². The minimum Gasteiger partial charge on any atom is -0.457 e. The summed E-state index contributed by atoms with van der Waals surface area (Å²) in [6.07, 6.45) is 1.67. The van der Waals surface area contributed by atoms with E-state index in [9.17, 15) is 4.79 Å². The number of likely N-dealkylation sites (tertiary alicyclic amines) is 1. The molecule has 0 atom stereocenters. The monoisotopic (exact) mass is 454 g/mol. The molecule has 1 heterocycles. The summed E-state index contributed by atoms with van der Waals surface area (Å²) >= 11 is 12.1. The maximum atomic E-state index is 12.7. The number of hydrogen-bond donors (Lipinski definition) is 1. The molecule has 0 unspecified atom stereocenters. The molecule has 0 aliphatic carbocycles. The van der Waals surface area contributed by atoms with Crippen LogP contribution in [0.5, 0.6) is 11.5 Å². The van der Waals surface area contributed by atoms with Crippen LogP contribution in [0, 0.1) is 5.92 Å². The van der Waals surface area contributed by atoms with E-state index in [-0.39, 0.29) is 11.8 Å². The van der Waals surface area contributed by atoms with Gasteiger partial charge < -0.3 is 10.1 Å². The summed E-state index contributed by atoms with van der Waals surface area (Å²) in [5, 5.41) is 4.18. The van der Waals surface area contributed by atoms with Crippen LogP contribution in [0.15, 0.2) is 72.8 Å². The number of piperidine rings is 1. The standard InChI is InChI=1S/C25H24Cl2N2O2/c26-23-11-6-18(16-24(23)27)17-29-14-12-19(13-15-29)25(30)28-20-7-9-22(10-8-20)31-21-4-2-1-3-5-21/h1-11,16,19H,12-15,17H2,(H,28,30). The van der Waals surface area contributed by atoms with Crippen LogP contribution in [-0.4, -0.2) is 23.9 Å². The number of para-hydroxylation sites is 1. The first-order valence-electron chi connectivity index (χ1n) is 10.4. The number of anilines is 1. The van der Waals surface area contributed by atoms with Gasteiger partial charge in [0.1, 0.15) is 11.5 Å². The quantitative estimate of drug-likeness (QED) is 0.453. The van der Waals surface area contributed by atoms with Gasteiger partial charge in [-0.2, -0.15) is 0 Å². The van der Waals surface area contributed by atoms with Gasteiger partial charge >= 0.3 is 0 Å². The van der Waals surface area contributed by atoms with Crippen molar-refractivity contribution in [1.29, 1.82) is 0 Å². The predicted octanol–water partition coefficient (Wildman–Crippen LogP) is 6.64. The van der Waals surface area contributed by atoms with Crippen molar-refractivity contribution in [3.63, 3.8) is 0 Å². The molecule has 0 radical (unpaired) electrons. The molecule has 160 valence electrons. The summed E-state index contributed by atoms with van der Waals surface area (Å²) in [7, 11) is 0. The molecule has 3 aromatic rings. The summed E-state index contributed by atoms with van der Waals surface area (Å²) in [5.41, 5.74) is 1.92. The summed E-state index contributed by atoms with van der Waals surface area (Å²) < 4.78 is 5.80. The number of carbonyl (C=O) groups excluding carboxylic acids is 1. The Hall–Kier alpha value is -2.53. The smallest absolute Gasteiger partial charge is 0.227 e. The van der Waals surface area contributed by atoms with Gasteiger partial charge in [-0.05, 0) is 80.0 Å². The van der Waals surface area contributed by atoms with Gasteiger partial charge in [-0.15, -0.1) is 0 Å². The molecule has 1 aliphatic heterocycles. The number of nitrogens with one attached hydrogen (secondary N) is 1. The molecule has 1 amide bonds. The van der Waals surface area contributed by atoms with Crippen LogP contribution in [0.2, 0.25) is 10.0 Å². The van der Waals surface area contributed by atoms with Gasteiger partial charge in [0.2, 0.25) is 5.91 Å². The molecular weight excluding hydrogens is 431 g/mol. The third-order valence-corrected chi connectivity index (χ3v) is 6.19. The first-order valence-corrected chi connectivity index (χ1v) is 11.1. The minimum atomic E-state index is 0.0188. The highest BCUT2D eigenvalue weighted by molar-refractivity contribution is 6.42. The molecule has 1 aliphatic rings. The molecule has 0 spiro atoms. The molecule has 1 N–H and O–H groups in total. The molecule has 4 rings (SSSR count). The van der Waals surface area contributed by atoms with E-state index >= 15 is 0 Å². The maximum Gasteiger partial charge on any atom is 0.227 e. The van der Waals surface area contributed by atoms with E-state index in [1.807, 2.05) is 72.8 Å². The van der Waals surface area contributed by atoms with Crippen molar-refractivity contribution in [1.82, 2.24) is 4.90 Å². The number of nitrogens with zero attached hydrogens (tertiary/aromatic N) is 1. The van der Waals surface area contributed by atoms with Gasteiger partial charge in [-0.1, -0.05) is 47.5 Å². The molecule has 6 heteroatoms. The first kappa shape index (κ1) is 21.7. The second-order valence-corrected chi connectivity index (χ2v) is 8.54. The molecule has 1 saturated heterocycles. The lowest BCUT2D eigenvalue weighted by atomic mass is 9.95. The highest BCUT2D eigenvalue weighted by Crippen LogP contribution is 2.26. The third kappa shape index (κ3) is 6.01. The van der Waals surface area contributed by atoms with Gasteiger partial charge in [0, 0.05) is 18.2 Å². The molecule has 0 saturated carbocycles. The topological polar surface area (TPSA) is 41.6 Å². The van der Waals surface area contributed by atoms with Gasteiger partial charge in [-0.3, -0.25) is 9.69 Å². The van der Waals surface area contributed by atoms with Gasteiger partial charge in [0.05, 0.1) is 10.0 Å². The minimum absolute atomic E-state index is 0.0188. The number of benzene rings is 3. The second kappa shape index (κ2) is 10.2. The van der Waals surface area contributed by atoms with Crippen LogP contribution in [0.3, 0.4) is 0 Å². The van der Waals surface area contributed by atoms with E-state index in [0.717, 1.165) is 55.2 Å². The predicted molar refractivity (Wildman–Crippen MR) is 126 cm³/mol. The number of carbonyl (C=O) groups is 1. The van der Waals surface area contributed by atoms with Crippen molar-refractivity contribution >= 4 is 34.8 Å². The lowest BCUT2D eigenvalue weighted by Gasteiger charge is -2.31. The number of hydrogen-bond acceptors (Lipinski definition) is 3. The van der Waals surface area contributed by atoms with E-state index in [2.05, 4.69) is 10.2 Å². The Kier molecular flexibility index (Phi) is 7.13. The van der Waals surface area contributed by atoms with Crippen LogP contribution in [0.1, 0.15) is 18.4 Å². The fraction of sp³-hybridized carbons (Fsp3) is 0.240. The summed E-state index contributed by atoms with van der Waals surface area (Å²) in [4.78, 5) is 15.0. The van der Waals surface area contributed by atoms with Crippen molar-refractivity contribution in [2.45, 2.75) is 19.4 Å². The number of rotatable bonds is 6. The Morgan fingerprint density at radius 3 is 2.26 bits per heavy atom. The highest BCUT2D eigenvalue weighted by atomic mass is 35.5. The molecule has 0 aromatic heterocycles. The fourth-order valence-electron chi connectivity index (χ4n) is 3.72. The van der Waals surface area contributed by atoms with Crippen molar-refractivity contribution in [3.8, 4) is 11.5 Å². The van der Waals surface area contributed by atoms with Crippen molar-refractivity contribution in [2.75, 3.05) is 18.4 Å². The zero-order chi connectivity index (χ0) is 21.6. The van der Waals surface area contributed by atoms with Crippen LogP contribution < -0.4 is 10.1 Å². The number of ether oxygens (including phenoxy) is 1. The average molecular weight is 455 g/mol. The fourth-order valence-corrected chi connectivity index (χ4v) is 4.05. The van der Waals surface area contributed by atoms with Crippen molar-refractivity contribution in [2.24, 2.45) is 5.92 Å². The van der Waals surface area contributed by atoms with Crippen molar-refractivity contribution < 1.29 is 9.53 Å². The lowest BCUT2D eigenvalue weighted by Crippen LogP contribution is -2.37. The molecular formula is C25H24Cl2N2O2.